The number of carbonyl (C=O) groups is 3. The van der Waals surface area contributed by atoms with Crippen molar-refractivity contribution in [3.63, 3.8) is 0 Å². The SMILES string of the molecule is CN(C)c1ncccc1C(=O)NC1CCC(=O)NC1=O. The Labute approximate surface area is 116 Å². The maximum Gasteiger partial charge on any atom is 0.255 e. The van der Waals surface area contributed by atoms with Crippen LogP contribution in [0.25, 0.3) is 0 Å². The minimum Gasteiger partial charge on any atom is -0.362 e. The summed E-state index contributed by atoms with van der Waals surface area (Å²) in [5.41, 5.74) is 0.391. The van der Waals surface area contributed by atoms with Gasteiger partial charge in [-0.25, -0.2) is 4.98 Å². The van der Waals surface area contributed by atoms with Gasteiger partial charge in [0, 0.05) is 26.7 Å². The number of pyridine rings is 1. The first-order valence-corrected chi connectivity index (χ1v) is 6.26. The van der Waals surface area contributed by atoms with Crippen LogP contribution < -0.4 is 15.5 Å². The molecule has 1 aromatic heterocycles. The fourth-order valence-corrected chi connectivity index (χ4v) is 2.00. The third-order valence-electron chi connectivity index (χ3n) is 3.00. The molecule has 1 unspecified atom stereocenters. The lowest BCUT2D eigenvalue weighted by Crippen LogP contribution is -2.52. The van der Waals surface area contributed by atoms with Gasteiger partial charge in [0.2, 0.25) is 11.8 Å². The molecule has 1 aromatic rings. The number of piperidine rings is 1. The Balaban J connectivity index is 2.13. The van der Waals surface area contributed by atoms with Crippen LogP contribution in [0.2, 0.25) is 0 Å². The van der Waals surface area contributed by atoms with Crippen molar-refractivity contribution in [2.75, 3.05) is 19.0 Å². The Morgan fingerprint density at radius 1 is 1.45 bits per heavy atom. The largest absolute Gasteiger partial charge is 0.362 e. The third-order valence-corrected chi connectivity index (χ3v) is 3.00. The molecule has 1 fully saturated rings. The predicted octanol–water partition coefficient (Wildman–Crippen LogP) is -0.317. The molecular weight excluding hydrogens is 260 g/mol. The number of hydrogen-bond acceptors (Lipinski definition) is 5. The van der Waals surface area contributed by atoms with Crippen molar-refractivity contribution in [2.24, 2.45) is 0 Å². The Bertz CT molecular complexity index is 556. The lowest BCUT2D eigenvalue weighted by Gasteiger charge is -2.23. The molecule has 1 aliphatic heterocycles. The van der Waals surface area contributed by atoms with Crippen molar-refractivity contribution < 1.29 is 14.4 Å². The highest BCUT2D eigenvalue weighted by atomic mass is 16.2. The molecule has 106 valence electrons. The van der Waals surface area contributed by atoms with E-state index in [0.717, 1.165) is 0 Å². The minimum atomic E-state index is -0.685. The molecule has 1 aliphatic rings. The first kappa shape index (κ1) is 14.0. The van der Waals surface area contributed by atoms with E-state index in [0.29, 0.717) is 17.8 Å². The van der Waals surface area contributed by atoms with Gasteiger partial charge in [0.1, 0.15) is 11.9 Å². The topological polar surface area (TPSA) is 91.4 Å². The maximum atomic E-state index is 12.2. The number of amides is 3. The summed E-state index contributed by atoms with van der Waals surface area (Å²) in [6.45, 7) is 0. The molecule has 20 heavy (non-hydrogen) atoms. The van der Waals surface area contributed by atoms with Crippen LogP contribution in [0.3, 0.4) is 0 Å². The van der Waals surface area contributed by atoms with Crippen LogP contribution in [0.15, 0.2) is 18.3 Å². The molecule has 1 saturated heterocycles. The van der Waals surface area contributed by atoms with Crippen LogP contribution in [0.1, 0.15) is 23.2 Å². The molecule has 2 N–H and O–H groups in total. The molecule has 7 heteroatoms. The summed E-state index contributed by atoms with van der Waals surface area (Å²) in [5, 5.41) is 4.84. The van der Waals surface area contributed by atoms with Crippen LogP contribution >= 0.6 is 0 Å². The Morgan fingerprint density at radius 3 is 2.85 bits per heavy atom. The zero-order valence-corrected chi connectivity index (χ0v) is 11.3. The van der Waals surface area contributed by atoms with E-state index in [2.05, 4.69) is 15.6 Å². The summed E-state index contributed by atoms with van der Waals surface area (Å²) in [6.07, 6.45) is 2.14. The summed E-state index contributed by atoms with van der Waals surface area (Å²) >= 11 is 0. The standard InChI is InChI=1S/C13H16N4O3/c1-17(2)11-8(4-3-7-14-11)12(19)15-9-5-6-10(18)16-13(9)20/h3-4,7,9H,5-6H2,1-2H3,(H,15,19)(H,16,18,20). The number of nitrogens with zero attached hydrogens (tertiary/aromatic N) is 2. The van der Waals surface area contributed by atoms with Crippen LogP contribution in [0, 0.1) is 0 Å². The summed E-state index contributed by atoms with van der Waals surface area (Å²) in [5.74, 6) is -0.630. The number of rotatable bonds is 3. The molecule has 0 saturated carbocycles. The van der Waals surface area contributed by atoms with Crippen LogP contribution in [0.4, 0.5) is 5.82 Å². The third kappa shape index (κ3) is 2.93. The number of aromatic nitrogens is 1. The summed E-state index contributed by atoms with van der Waals surface area (Å²) in [6, 6.07) is 2.62. The van der Waals surface area contributed by atoms with Crippen LogP contribution in [-0.2, 0) is 9.59 Å². The van der Waals surface area contributed by atoms with E-state index in [1.165, 1.54) is 0 Å². The average Bonchev–Trinajstić information content (AvgIpc) is 2.41. The highest BCUT2D eigenvalue weighted by Crippen LogP contribution is 2.15. The summed E-state index contributed by atoms with van der Waals surface area (Å²) in [4.78, 5) is 40.8. The molecule has 0 bridgehead atoms. The van der Waals surface area contributed by atoms with Gasteiger partial charge in [-0.15, -0.1) is 0 Å². The molecule has 0 aromatic carbocycles. The highest BCUT2D eigenvalue weighted by Gasteiger charge is 2.28. The van der Waals surface area contributed by atoms with Crippen molar-refractivity contribution in [1.82, 2.24) is 15.6 Å². The molecule has 7 nitrogen and oxygen atoms in total. The number of imide groups is 1. The van der Waals surface area contributed by atoms with E-state index in [-0.39, 0.29) is 18.2 Å². The quantitative estimate of drug-likeness (QED) is 0.738. The lowest BCUT2D eigenvalue weighted by molar-refractivity contribution is -0.134. The van der Waals surface area contributed by atoms with E-state index in [1.807, 2.05) is 0 Å². The second kappa shape index (κ2) is 5.68. The fraction of sp³-hybridized carbons (Fsp3) is 0.385. The van der Waals surface area contributed by atoms with Crippen molar-refractivity contribution in [3.05, 3.63) is 23.9 Å². The van der Waals surface area contributed by atoms with Gasteiger partial charge in [-0.05, 0) is 18.6 Å². The van der Waals surface area contributed by atoms with Crippen molar-refractivity contribution in [2.45, 2.75) is 18.9 Å². The predicted molar refractivity (Wildman–Crippen MR) is 72.2 cm³/mol. The second-order valence-corrected chi connectivity index (χ2v) is 4.75. The first-order chi connectivity index (χ1) is 9.49. The number of anilines is 1. The first-order valence-electron chi connectivity index (χ1n) is 6.26. The molecule has 2 heterocycles. The van der Waals surface area contributed by atoms with E-state index < -0.39 is 11.9 Å². The van der Waals surface area contributed by atoms with E-state index in [4.69, 9.17) is 0 Å². The zero-order chi connectivity index (χ0) is 14.7. The van der Waals surface area contributed by atoms with E-state index in [1.54, 1.807) is 37.3 Å². The molecule has 2 rings (SSSR count). The van der Waals surface area contributed by atoms with Crippen LogP contribution in [0.5, 0.6) is 0 Å². The molecule has 0 aliphatic carbocycles. The van der Waals surface area contributed by atoms with E-state index in [9.17, 15) is 14.4 Å². The molecule has 3 amide bonds. The number of nitrogens with one attached hydrogen (secondary N) is 2. The molecule has 0 spiro atoms. The fourth-order valence-electron chi connectivity index (χ4n) is 2.00. The average molecular weight is 276 g/mol. The zero-order valence-electron chi connectivity index (χ0n) is 11.3. The Hall–Kier alpha value is -2.44. The molecule has 0 radical (unpaired) electrons. The molecular formula is C13H16N4O3. The molecule has 1 atom stereocenters. The number of carbonyl (C=O) groups excluding carboxylic acids is 3. The van der Waals surface area contributed by atoms with Crippen molar-refractivity contribution >= 4 is 23.5 Å². The van der Waals surface area contributed by atoms with Gasteiger partial charge in [0.15, 0.2) is 0 Å². The van der Waals surface area contributed by atoms with Gasteiger partial charge in [-0.3, -0.25) is 19.7 Å². The van der Waals surface area contributed by atoms with E-state index >= 15 is 0 Å². The smallest absolute Gasteiger partial charge is 0.255 e. The van der Waals surface area contributed by atoms with Crippen LogP contribution in [-0.4, -0.2) is 42.8 Å². The summed E-state index contributed by atoms with van der Waals surface area (Å²) < 4.78 is 0. The van der Waals surface area contributed by atoms with Gasteiger partial charge >= 0.3 is 0 Å². The normalized spacial score (nSPS) is 18.4. The number of hydrogen-bond donors (Lipinski definition) is 2. The highest BCUT2D eigenvalue weighted by molar-refractivity contribution is 6.05. The van der Waals surface area contributed by atoms with Gasteiger partial charge in [0.05, 0.1) is 5.56 Å². The summed E-state index contributed by atoms with van der Waals surface area (Å²) in [7, 11) is 3.57. The second-order valence-electron chi connectivity index (χ2n) is 4.75. The van der Waals surface area contributed by atoms with Crippen molar-refractivity contribution in [1.29, 1.82) is 0 Å². The monoisotopic (exact) mass is 276 g/mol. The lowest BCUT2D eigenvalue weighted by atomic mass is 10.1. The van der Waals surface area contributed by atoms with Gasteiger partial charge < -0.3 is 10.2 Å². The van der Waals surface area contributed by atoms with Gasteiger partial charge in [-0.1, -0.05) is 0 Å². The van der Waals surface area contributed by atoms with Gasteiger partial charge in [-0.2, -0.15) is 0 Å². The Morgan fingerprint density at radius 2 is 2.20 bits per heavy atom. The Kier molecular flexibility index (Phi) is 3.97. The van der Waals surface area contributed by atoms with Crippen molar-refractivity contribution in [3.8, 4) is 0 Å². The maximum absolute atomic E-state index is 12.2. The minimum absolute atomic E-state index is 0.226. The van der Waals surface area contributed by atoms with Gasteiger partial charge in [0.25, 0.3) is 5.91 Å².